The topological polar surface area (TPSA) is 151 Å². The Morgan fingerprint density at radius 2 is 1.88 bits per heavy atom. The number of nitrogens with one attached hydrogen (secondary N) is 4. The molecule has 43 heavy (non-hydrogen) atoms. The van der Waals surface area contributed by atoms with Gasteiger partial charge in [-0.15, -0.1) is 11.3 Å². The fraction of sp³-hybridized carbons (Fsp3) is 0.333. The van der Waals surface area contributed by atoms with Gasteiger partial charge in [-0.05, 0) is 77.7 Å². The molecule has 2 aromatic heterocycles. The van der Waals surface area contributed by atoms with Crippen molar-refractivity contribution < 1.29 is 19.2 Å². The van der Waals surface area contributed by atoms with Crippen molar-refractivity contribution in [2.45, 2.75) is 56.8 Å². The zero-order valence-corrected chi connectivity index (χ0v) is 25.6. The highest BCUT2D eigenvalue weighted by Crippen LogP contribution is 2.56. The van der Waals surface area contributed by atoms with Crippen LogP contribution in [-0.4, -0.2) is 44.8 Å². The van der Waals surface area contributed by atoms with Crippen molar-refractivity contribution in [3.63, 3.8) is 0 Å². The summed E-state index contributed by atoms with van der Waals surface area (Å²) >= 11 is 4.33. The molecular weight excluding hydrogens is 636 g/mol. The zero-order chi connectivity index (χ0) is 30.4. The van der Waals surface area contributed by atoms with Crippen molar-refractivity contribution >= 4 is 56.6 Å². The van der Waals surface area contributed by atoms with E-state index < -0.39 is 23.4 Å². The van der Waals surface area contributed by atoms with Gasteiger partial charge < -0.3 is 25.8 Å². The maximum Gasteiger partial charge on any atom is 0.280 e. The number of amides is 4. The van der Waals surface area contributed by atoms with Crippen molar-refractivity contribution in [1.82, 2.24) is 25.5 Å². The molecule has 0 aliphatic heterocycles. The van der Waals surface area contributed by atoms with Crippen molar-refractivity contribution in [2.75, 3.05) is 5.32 Å². The van der Waals surface area contributed by atoms with Gasteiger partial charge in [0.05, 0.1) is 0 Å². The van der Waals surface area contributed by atoms with Gasteiger partial charge in [-0.25, -0.2) is 4.98 Å². The smallest absolute Gasteiger partial charge is 0.280 e. The minimum Gasteiger partial charge on any atom is -0.349 e. The highest BCUT2D eigenvalue weighted by atomic mass is 79.9. The summed E-state index contributed by atoms with van der Waals surface area (Å²) in [5.74, 6) is -0.984. The summed E-state index contributed by atoms with van der Waals surface area (Å²) in [7, 11) is 0. The van der Waals surface area contributed by atoms with Crippen LogP contribution in [0.25, 0.3) is 0 Å². The van der Waals surface area contributed by atoms with Crippen molar-refractivity contribution in [1.29, 1.82) is 0 Å². The van der Waals surface area contributed by atoms with Gasteiger partial charge in [0.25, 0.3) is 11.5 Å². The van der Waals surface area contributed by atoms with E-state index in [1.165, 1.54) is 22.9 Å². The number of aromatic nitrogens is 2. The lowest BCUT2D eigenvalue weighted by Gasteiger charge is -2.61. The molecule has 0 radical (unpaired) electrons. The minimum atomic E-state index is -1.03. The predicted octanol–water partition coefficient (Wildman–Crippen LogP) is 3.13. The van der Waals surface area contributed by atoms with Gasteiger partial charge in [-0.3, -0.25) is 24.0 Å². The van der Waals surface area contributed by atoms with Crippen LogP contribution >= 0.6 is 27.3 Å². The molecule has 3 fully saturated rings. The lowest BCUT2D eigenvalue weighted by Crippen LogP contribution is -2.68. The molecule has 0 saturated heterocycles. The van der Waals surface area contributed by atoms with Crippen LogP contribution in [0.1, 0.15) is 47.5 Å². The number of benzene rings is 1. The Kier molecular flexibility index (Phi) is 9.51. The summed E-state index contributed by atoms with van der Waals surface area (Å²) in [5.41, 5.74) is 0.310. The van der Waals surface area contributed by atoms with Crippen LogP contribution in [0.15, 0.2) is 75.6 Å². The molecule has 2 bridgehead atoms. The first-order valence-electron chi connectivity index (χ1n) is 13.9. The Hall–Kier alpha value is -4.10. The average molecular weight is 668 g/mol. The highest BCUT2D eigenvalue weighted by molar-refractivity contribution is 9.10. The van der Waals surface area contributed by atoms with Crippen LogP contribution in [0, 0.1) is 5.92 Å². The Labute approximate surface area is 260 Å². The summed E-state index contributed by atoms with van der Waals surface area (Å²) in [6.45, 7) is 0.220. The van der Waals surface area contributed by atoms with E-state index in [2.05, 4.69) is 42.2 Å². The number of nitrogens with zero attached hydrogens (tertiary/aromatic N) is 2. The van der Waals surface area contributed by atoms with E-state index in [4.69, 9.17) is 0 Å². The van der Waals surface area contributed by atoms with Gasteiger partial charge in [-0.1, -0.05) is 36.4 Å². The number of carbonyl (C=O) groups excluding carboxylic acids is 4. The second kappa shape index (κ2) is 13.5. The molecule has 3 aromatic rings. The first-order valence-corrected chi connectivity index (χ1v) is 15.6. The number of halogens is 1. The van der Waals surface area contributed by atoms with E-state index in [0.29, 0.717) is 23.5 Å². The van der Waals surface area contributed by atoms with Gasteiger partial charge in [0, 0.05) is 23.7 Å². The second-order valence-corrected chi connectivity index (χ2v) is 12.5. The third-order valence-corrected chi connectivity index (χ3v) is 9.08. The fourth-order valence-electron chi connectivity index (χ4n) is 5.24. The Morgan fingerprint density at radius 3 is 2.56 bits per heavy atom. The van der Waals surface area contributed by atoms with Crippen LogP contribution in [0.5, 0.6) is 0 Å². The van der Waals surface area contributed by atoms with E-state index in [9.17, 15) is 24.0 Å². The number of allylic oxidation sites excluding steroid dienone is 1. The largest absolute Gasteiger partial charge is 0.349 e. The van der Waals surface area contributed by atoms with Gasteiger partial charge in [0.2, 0.25) is 17.7 Å². The highest BCUT2D eigenvalue weighted by Gasteiger charge is 2.57. The number of anilines is 1. The molecule has 0 spiro atoms. The Bertz CT molecular complexity index is 1590. The van der Waals surface area contributed by atoms with Gasteiger partial charge in [-0.2, -0.15) is 0 Å². The fourth-order valence-corrected chi connectivity index (χ4v) is 6.40. The number of thiazole rings is 1. The molecule has 2 heterocycles. The molecule has 4 N–H and O–H groups in total. The summed E-state index contributed by atoms with van der Waals surface area (Å²) < 4.78 is 1.74. The molecule has 3 aliphatic rings. The number of rotatable bonds is 13. The van der Waals surface area contributed by atoms with E-state index in [-0.39, 0.29) is 41.0 Å². The molecule has 13 heteroatoms. The van der Waals surface area contributed by atoms with Crippen LogP contribution in [0.2, 0.25) is 0 Å². The van der Waals surface area contributed by atoms with E-state index >= 15 is 0 Å². The lowest BCUT2D eigenvalue weighted by atomic mass is 9.50. The first kappa shape index (κ1) is 30.4. The molecule has 3 aliphatic carbocycles. The average Bonchev–Trinajstić information content (AvgIpc) is 3.39. The number of pyridine rings is 1. The SMILES string of the molecule is O=C(/C=C/CC[C@H](NC(=O)c1nc(Br)cs1)C(=O)Nc1cccn(CC(=O)NC23CC(C2)C3)c1=O)NCc1ccccc1. The molecule has 1 aromatic carbocycles. The zero-order valence-electron chi connectivity index (χ0n) is 23.2. The minimum absolute atomic E-state index is 0.0158. The monoisotopic (exact) mass is 666 g/mol. The standard InChI is InChI=1S/C30H31BrN6O5S/c31-23-18-43-28(35-23)27(41)33-21(9-4-5-11-24(38)32-16-19-7-2-1-3-8-19)26(40)34-22-10-6-12-37(29(22)42)17-25(39)36-30-13-20(14-30)15-30/h1-3,5-8,10-12,18,20-21H,4,9,13-17H2,(H,32,38)(H,33,41)(H,34,40)(H,36,39)/b11-5+/t20?,21-,30?/m0/s1. The van der Waals surface area contributed by atoms with Crippen molar-refractivity contribution in [3.8, 4) is 0 Å². The summed E-state index contributed by atoms with van der Waals surface area (Å²) in [6.07, 6.45) is 7.90. The van der Waals surface area contributed by atoms with Crippen LogP contribution in [-0.2, 0) is 27.5 Å². The molecule has 11 nitrogen and oxygen atoms in total. The first-order chi connectivity index (χ1) is 20.7. The quantitative estimate of drug-likeness (QED) is 0.206. The molecule has 3 saturated carbocycles. The lowest BCUT2D eigenvalue weighted by molar-refractivity contribution is -0.133. The molecule has 4 amide bonds. The molecule has 6 rings (SSSR count). The third kappa shape index (κ3) is 7.85. The number of hydrogen-bond acceptors (Lipinski definition) is 7. The second-order valence-electron chi connectivity index (χ2n) is 10.8. The van der Waals surface area contributed by atoms with Crippen LogP contribution < -0.4 is 26.8 Å². The molecular formula is C30H31BrN6O5S. The Morgan fingerprint density at radius 1 is 1.12 bits per heavy atom. The summed E-state index contributed by atoms with van der Waals surface area (Å²) in [5, 5.41) is 12.9. The Balaban J connectivity index is 1.20. The van der Waals surface area contributed by atoms with Crippen LogP contribution in [0.3, 0.4) is 0 Å². The number of carbonyl (C=O) groups is 4. The van der Waals surface area contributed by atoms with E-state index in [1.54, 1.807) is 17.5 Å². The summed E-state index contributed by atoms with van der Waals surface area (Å²) in [6, 6.07) is 11.5. The van der Waals surface area contributed by atoms with Crippen molar-refractivity contribution in [3.05, 3.63) is 91.7 Å². The van der Waals surface area contributed by atoms with E-state index in [0.717, 1.165) is 36.2 Å². The molecule has 224 valence electrons. The molecule has 0 unspecified atom stereocenters. The maximum atomic E-state index is 13.3. The maximum absolute atomic E-state index is 13.3. The number of hydrogen-bond donors (Lipinski definition) is 4. The summed E-state index contributed by atoms with van der Waals surface area (Å²) in [4.78, 5) is 68.1. The van der Waals surface area contributed by atoms with Crippen LogP contribution in [0.4, 0.5) is 5.69 Å². The van der Waals surface area contributed by atoms with Gasteiger partial charge >= 0.3 is 0 Å². The van der Waals surface area contributed by atoms with Crippen molar-refractivity contribution in [2.24, 2.45) is 5.92 Å². The van der Waals surface area contributed by atoms with Gasteiger partial charge in [0.15, 0.2) is 5.01 Å². The molecule has 1 atom stereocenters. The van der Waals surface area contributed by atoms with Gasteiger partial charge in [0.1, 0.15) is 22.9 Å². The van der Waals surface area contributed by atoms with E-state index in [1.807, 2.05) is 30.3 Å². The third-order valence-electron chi connectivity index (χ3n) is 7.53. The normalized spacial score (nSPS) is 19.0. The predicted molar refractivity (Wildman–Crippen MR) is 165 cm³/mol.